The largest absolute Gasteiger partial charge is 0.454 e. The van der Waals surface area contributed by atoms with Crippen molar-refractivity contribution >= 4 is 52.6 Å². The zero-order valence-electron chi connectivity index (χ0n) is 29.5. The number of amides is 3. The third-order valence-corrected chi connectivity index (χ3v) is 8.44. The second-order valence-corrected chi connectivity index (χ2v) is 14.0. The maximum Gasteiger partial charge on any atom is 0.422 e. The molecule has 1 atom stereocenters. The Bertz CT molecular complexity index is 2050. The molecule has 3 amide bonds. The van der Waals surface area contributed by atoms with Gasteiger partial charge in [-0.2, -0.15) is 41.3 Å². The highest BCUT2D eigenvalue weighted by Gasteiger charge is 2.34. The van der Waals surface area contributed by atoms with Crippen LogP contribution in [0.2, 0.25) is 5.02 Å². The third-order valence-electron chi connectivity index (χ3n) is 8.19. The lowest BCUT2D eigenvalue weighted by Crippen LogP contribution is -2.45. The molecule has 1 fully saturated rings. The van der Waals surface area contributed by atoms with Crippen LogP contribution in [-0.4, -0.2) is 58.5 Å². The van der Waals surface area contributed by atoms with Gasteiger partial charge in [0.25, 0.3) is 5.91 Å². The zero-order chi connectivity index (χ0) is 40.8. The number of carbonyl (C=O) groups is 3. The fraction of sp³-hybridized carbons (Fsp3) is 0.333. The quantitative estimate of drug-likeness (QED) is 0.0645. The van der Waals surface area contributed by atoms with Gasteiger partial charge in [-0.25, -0.2) is 4.39 Å². The second kappa shape index (κ2) is 17.0. The Morgan fingerprint density at radius 1 is 0.821 bits per heavy atom. The maximum atomic E-state index is 15.2. The Hall–Kier alpha value is -5.72. The van der Waals surface area contributed by atoms with Crippen molar-refractivity contribution in [1.82, 2.24) is 25.6 Å². The number of rotatable bonds is 14. The van der Waals surface area contributed by atoms with Crippen LogP contribution < -0.4 is 31.3 Å². The predicted molar refractivity (Wildman–Crippen MR) is 191 cm³/mol. The lowest BCUT2D eigenvalue weighted by molar-refractivity contribution is -0.154. The number of nitrogens with zero attached hydrogens (tertiary/aromatic N) is 3. The van der Waals surface area contributed by atoms with Crippen molar-refractivity contribution in [3.05, 3.63) is 94.3 Å². The van der Waals surface area contributed by atoms with Gasteiger partial charge in [0.15, 0.2) is 6.61 Å². The number of nitrogens with one attached hydrogen (secondary N) is 5. The van der Waals surface area contributed by atoms with Crippen LogP contribution in [0, 0.1) is 17.2 Å². The number of ether oxygens (including phenoxy) is 1. The minimum atomic E-state index is -4.69. The number of anilines is 4. The molecule has 298 valence electrons. The summed E-state index contributed by atoms with van der Waals surface area (Å²) >= 11 is 6.03. The van der Waals surface area contributed by atoms with Crippen LogP contribution in [0.1, 0.15) is 54.2 Å². The predicted octanol–water partition coefficient (Wildman–Crippen LogP) is 7.44. The van der Waals surface area contributed by atoms with Gasteiger partial charge in [0, 0.05) is 29.5 Å². The molecule has 12 nitrogen and oxygen atoms in total. The summed E-state index contributed by atoms with van der Waals surface area (Å²) in [7, 11) is 0. The third kappa shape index (κ3) is 12.1. The van der Waals surface area contributed by atoms with Crippen molar-refractivity contribution in [3.8, 4) is 6.01 Å². The fourth-order valence-electron chi connectivity index (χ4n) is 5.11. The normalized spacial score (nSPS) is 13.7. The van der Waals surface area contributed by atoms with Crippen LogP contribution in [-0.2, 0) is 15.8 Å². The molecule has 1 heterocycles. The molecule has 5 rings (SSSR count). The van der Waals surface area contributed by atoms with E-state index in [1.54, 1.807) is 38.1 Å². The van der Waals surface area contributed by atoms with Gasteiger partial charge >= 0.3 is 30.2 Å². The Kier molecular flexibility index (Phi) is 12.6. The van der Waals surface area contributed by atoms with E-state index in [1.165, 1.54) is 6.07 Å². The first-order valence-electron chi connectivity index (χ1n) is 16.8. The summed E-state index contributed by atoms with van der Waals surface area (Å²) in [5.74, 6) is -4.21. The van der Waals surface area contributed by atoms with E-state index in [-0.39, 0.29) is 53.9 Å². The van der Waals surface area contributed by atoms with Crippen LogP contribution in [0.4, 0.5) is 54.0 Å². The molecule has 3 aromatic carbocycles. The van der Waals surface area contributed by atoms with Crippen molar-refractivity contribution < 1.29 is 49.9 Å². The van der Waals surface area contributed by atoms with Crippen molar-refractivity contribution in [2.45, 2.75) is 45.1 Å². The molecule has 56 heavy (non-hydrogen) atoms. The van der Waals surface area contributed by atoms with Crippen LogP contribution in [0.25, 0.3) is 0 Å². The smallest absolute Gasteiger partial charge is 0.422 e. The molecular formula is C36H34ClF7N8O4. The second-order valence-electron chi connectivity index (χ2n) is 13.6. The molecule has 1 saturated carbocycles. The Morgan fingerprint density at radius 2 is 1.45 bits per heavy atom. The number of aromatic nitrogens is 3. The summed E-state index contributed by atoms with van der Waals surface area (Å²) < 4.78 is 97.2. The first kappa shape index (κ1) is 41.4. The van der Waals surface area contributed by atoms with E-state index in [1.807, 2.05) is 0 Å². The first-order valence-corrected chi connectivity index (χ1v) is 17.2. The highest BCUT2D eigenvalue weighted by atomic mass is 35.5. The van der Waals surface area contributed by atoms with Crippen molar-refractivity contribution in [1.29, 1.82) is 0 Å². The van der Waals surface area contributed by atoms with Crippen LogP contribution in [0.5, 0.6) is 6.01 Å². The molecule has 0 saturated heterocycles. The summed E-state index contributed by atoms with van der Waals surface area (Å²) in [4.78, 5) is 49.6. The van der Waals surface area contributed by atoms with Crippen molar-refractivity contribution in [3.63, 3.8) is 0 Å². The van der Waals surface area contributed by atoms with E-state index in [2.05, 4.69) is 41.5 Å². The van der Waals surface area contributed by atoms with Gasteiger partial charge in [-0.3, -0.25) is 14.4 Å². The summed E-state index contributed by atoms with van der Waals surface area (Å²) in [5.41, 5.74) is -1.31. The number of alkyl halides is 6. The highest BCUT2D eigenvalue weighted by molar-refractivity contribution is 6.39. The SMILES string of the molecule is CC(C)(CNC(=O)C(=O)Nc1ccc(C(F)(F)F)cc1)CNC(=O)c1ccc(Nc2nc(NC(c3ccc(Cl)cc3)C3CC3)nc(OCC(F)(F)F)n2)cc1F. The monoisotopic (exact) mass is 810 g/mol. The molecule has 0 bridgehead atoms. The van der Waals surface area contributed by atoms with Crippen LogP contribution in [0.3, 0.4) is 0 Å². The Morgan fingerprint density at radius 3 is 2.05 bits per heavy atom. The molecule has 0 spiro atoms. The Labute approximate surface area is 320 Å². The molecule has 0 aliphatic heterocycles. The lowest BCUT2D eigenvalue weighted by Gasteiger charge is -2.25. The molecule has 1 aliphatic rings. The van der Waals surface area contributed by atoms with Gasteiger partial charge in [-0.1, -0.05) is 37.6 Å². The van der Waals surface area contributed by atoms with Gasteiger partial charge in [-0.15, -0.1) is 0 Å². The minimum absolute atomic E-state index is 0.0325. The van der Waals surface area contributed by atoms with Gasteiger partial charge < -0.3 is 31.3 Å². The van der Waals surface area contributed by atoms with Crippen LogP contribution >= 0.6 is 11.6 Å². The topological polar surface area (TPSA) is 159 Å². The lowest BCUT2D eigenvalue weighted by atomic mass is 9.93. The van der Waals surface area contributed by atoms with E-state index in [0.29, 0.717) is 5.02 Å². The molecule has 1 aliphatic carbocycles. The molecule has 1 aromatic heterocycles. The summed E-state index contributed by atoms with van der Waals surface area (Å²) in [6.07, 6.45) is -7.48. The zero-order valence-corrected chi connectivity index (χ0v) is 30.3. The summed E-state index contributed by atoms with van der Waals surface area (Å²) in [6, 6.07) is 13.0. The number of benzene rings is 3. The van der Waals surface area contributed by atoms with Crippen LogP contribution in [0.15, 0.2) is 66.7 Å². The number of carbonyl (C=O) groups excluding carboxylic acids is 3. The molecule has 1 unspecified atom stereocenters. The first-order chi connectivity index (χ1) is 26.2. The van der Waals surface area contributed by atoms with Gasteiger partial charge in [0.05, 0.1) is 17.2 Å². The van der Waals surface area contributed by atoms with Crippen molar-refractivity contribution in [2.75, 3.05) is 35.6 Å². The average molecular weight is 811 g/mol. The molecular weight excluding hydrogens is 777 g/mol. The number of halogens is 8. The maximum absolute atomic E-state index is 15.2. The van der Waals surface area contributed by atoms with Gasteiger partial charge in [-0.05, 0) is 84.3 Å². The Balaban J connectivity index is 1.19. The summed E-state index contributed by atoms with van der Waals surface area (Å²) in [6.45, 7) is 1.37. The fourth-order valence-corrected chi connectivity index (χ4v) is 5.24. The molecule has 4 aromatic rings. The molecule has 0 radical (unpaired) electrons. The molecule has 5 N–H and O–H groups in total. The van der Waals surface area contributed by atoms with Gasteiger partial charge in [0.2, 0.25) is 11.9 Å². The van der Waals surface area contributed by atoms with Gasteiger partial charge in [0.1, 0.15) is 5.82 Å². The van der Waals surface area contributed by atoms with E-state index in [4.69, 9.17) is 16.3 Å². The standard InChI is InChI=1S/C36H34ClF7N8O4/c1-34(2,17-46-29(54)30(55)47-23-11-7-21(8-12-23)36(42,43)44)16-45-28(53)25-14-13-24(15-26(25)38)48-31-50-32(52-33(51-31)56-18-35(39,40)41)49-27(19-3-4-19)20-5-9-22(37)10-6-20/h5-15,19,27H,3-4,16-18H2,1-2H3,(H,45,53)(H,46,54)(H,47,55)(H2,48,49,50,51,52). The number of hydrogen-bond donors (Lipinski definition) is 5. The number of hydrogen-bond acceptors (Lipinski definition) is 9. The van der Waals surface area contributed by atoms with E-state index >= 15 is 4.39 Å². The van der Waals surface area contributed by atoms with E-state index in [0.717, 1.165) is 54.8 Å². The van der Waals surface area contributed by atoms with E-state index < -0.39 is 59.5 Å². The minimum Gasteiger partial charge on any atom is -0.454 e. The molecule has 20 heteroatoms. The summed E-state index contributed by atoms with van der Waals surface area (Å²) in [5, 5.41) is 13.5. The highest BCUT2D eigenvalue weighted by Crippen LogP contribution is 2.43. The van der Waals surface area contributed by atoms with E-state index in [9.17, 15) is 40.7 Å². The average Bonchev–Trinajstić information content (AvgIpc) is 3.97. The van der Waals surface area contributed by atoms with Crippen molar-refractivity contribution in [2.24, 2.45) is 11.3 Å².